The molecule has 4 nitrogen and oxygen atoms in total. The van der Waals surface area contributed by atoms with E-state index in [1.54, 1.807) is 0 Å². The van der Waals surface area contributed by atoms with Crippen LogP contribution < -0.4 is 10.2 Å². The van der Waals surface area contributed by atoms with Crippen molar-refractivity contribution >= 4 is 5.95 Å². The van der Waals surface area contributed by atoms with Crippen LogP contribution in [0.15, 0.2) is 6.20 Å². The monoisotopic (exact) mass is 272 g/mol. The Balaban J connectivity index is 1.44. The van der Waals surface area contributed by atoms with Gasteiger partial charge in [0.05, 0.1) is 0 Å². The molecule has 1 N–H and O–H groups in total. The zero-order chi connectivity index (χ0) is 13.5. The van der Waals surface area contributed by atoms with E-state index in [0.29, 0.717) is 0 Å². The third kappa shape index (κ3) is 2.41. The van der Waals surface area contributed by atoms with E-state index in [1.807, 2.05) is 6.20 Å². The third-order valence-electron chi connectivity index (χ3n) is 5.24. The predicted molar refractivity (Wildman–Crippen MR) is 79.7 cm³/mol. The Labute approximate surface area is 121 Å². The first kappa shape index (κ1) is 12.6. The molecule has 3 aliphatic rings. The summed E-state index contributed by atoms with van der Waals surface area (Å²) in [4.78, 5) is 11.8. The van der Waals surface area contributed by atoms with Crippen LogP contribution in [0.5, 0.6) is 0 Å². The lowest BCUT2D eigenvalue weighted by Gasteiger charge is -2.18. The molecule has 1 aromatic heterocycles. The minimum atomic E-state index is 0.743. The maximum atomic E-state index is 4.76. The number of aromatic nitrogens is 2. The van der Waals surface area contributed by atoms with E-state index in [4.69, 9.17) is 4.98 Å². The number of fused-ring (bicyclic) bond motifs is 1. The molecule has 4 heteroatoms. The summed E-state index contributed by atoms with van der Waals surface area (Å²) in [5, 5.41) is 3.54. The third-order valence-corrected chi connectivity index (χ3v) is 5.24. The van der Waals surface area contributed by atoms with E-state index in [2.05, 4.69) is 22.1 Å². The maximum Gasteiger partial charge on any atom is 0.225 e. The van der Waals surface area contributed by atoms with Gasteiger partial charge in [0.25, 0.3) is 0 Å². The lowest BCUT2D eigenvalue weighted by Crippen LogP contribution is -2.24. The van der Waals surface area contributed by atoms with Crippen LogP contribution in [0.2, 0.25) is 0 Å². The molecular weight excluding hydrogens is 248 g/mol. The summed E-state index contributed by atoms with van der Waals surface area (Å²) < 4.78 is 0. The van der Waals surface area contributed by atoms with Crippen molar-refractivity contribution in [3.63, 3.8) is 0 Å². The van der Waals surface area contributed by atoms with Crippen LogP contribution in [0.25, 0.3) is 0 Å². The zero-order valence-electron chi connectivity index (χ0n) is 12.3. The van der Waals surface area contributed by atoms with Crippen molar-refractivity contribution in [1.29, 1.82) is 0 Å². The summed E-state index contributed by atoms with van der Waals surface area (Å²) in [5.41, 5.74) is 2.39. The summed E-state index contributed by atoms with van der Waals surface area (Å²) in [5.74, 6) is 2.75. The zero-order valence-corrected chi connectivity index (χ0v) is 12.3. The molecule has 0 aromatic carbocycles. The smallest absolute Gasteiger partial charge is 0.225 e. The van der Waals surface area contributed by atoms with Gasteiger partial charge in [-0.2, -0.15) is 0 Å². The highest BCUT2D eigenvalue weighted by Crippen LogP contribution is 2.38. The van der Waals surface area contributed by atoms with Crippen LogP contribution in [0.3, 0.4) is 0 Å². The maximum absolute atomic E-state index is 4.76. The van der Waals surface area contributed by atoms with Gasteiger partial charge in [-0.05, 0) is 44.4 Å². The van der Waals surface area contributed by atoms with Crippen LogP contribution in [0.4, 0.5) is 5.95 Å². The van der Waals surface area contributed by atoms with E-state index >= 15 is 0 Å². The molecule has 1 aliphatic heterocycles. The molecule has 2 aliphatic carbocycles. The van der Waals surface area contributed by atoms with Crippen LogP contribution in [0, 0.1) is 18.8 Å². The molecule has 1 saturated heterocycles. The van der Waals surface area contributed by atoms with Crippen LogP contribution in [0.1, 0.15) is 43.4 Å². The van der Waals surface area contributed by atoms with Gasteiger partial charge >= 0.3 is 0 Å². The minimum Gasteiger partial charge on any atom is -0.340 e. The number of nitrogens with zero attached hydrogens (tertiary/aromatic N) is 3. The van der Waals surface area contributed by atoms with Gasteiger partial charge in [-0.25, -0.2) is 9.97 Å². The van der Waals surface area contributed by atoms with Gasteiger partial charge in [-0.1, -0.05) is 6.42 Å². The Bertz CT molecular complexity index is 485. The molecule has 0 radical (unpaired) electrons. The number of rotatable bonds is 4. The van der Waals surface area contributed by atoms with E-state index in [9.17, 15) is 0 Å². The number of anilines is 1. The van der Waals surface area contributed by atoms with E-state index < -0.39 is 0 Å². The van der Waals surface area contributed by atoms with E-state index in [0.717, 1.165) is 36.1 Å². The first-order chi connectivity index (χ1) is 9.79. The van der Waals surface area contributed by atoms with Gasteiger partial charge < -0.3 is 10.2 Å². The van der Waals surface area contributed by atoms with Crippen molar-refractivity contribution in [2.45, 2.75) is 51.6 Å². The highest BCUT2D eigenvalue weighted by atomic mass is 15.3. The van der Waals surface area contributed by atoms with Crippen molar-refractivity contribution in [2.24, 2.45) is 11.8 Å². The topological polar surface area (TPSA) is 41.1 Å². The number of nitrogens with one attached hydrogen (secondary N) is 1. The molecular formula is C16H24N4. The minimum absolute atomic E-state index is 0.743. The lowest BCUT2D eigenvalue weighted by molar-refractivity contribution is 0.494. The molecule has 0 bridgehead atoms. The van der Waals surface area contributed by atoms with Gasteiger partial charge in [0.15, 0.2) is 0 Å². The van der Waals surface area contributed by atoms with Gasteiger partial charge in [0, 0.05) is 43.1 Å². The van der Waals surface area contributed by atoms with Gasteiger partial charge in [0.2, 0.25) is 5.95 Å². The summed E-state index contributed by atoms with van der Waals surface area (Å²) in [6.45, 7) is 5.38. The largest absolute Gasteiger partial charge is 0.340 e. The molecule has 3 fully saturated rings. The number of hydrogen-bond acceptors (Lipinski definition) is 4. The number of hydrogen-bond donors (Lipinski definition) is 1. The molecule has 2 unspecified atom stereocenters. The summed E-state index contributed by atoms with van der Waals surface area (Å²) in [6.07, 6.45) is 8.92. The Kier molecular flexibility index (Phi) is 3.14. The van der Waals surface area contributed by atoms with Crippen LogP contribution >= 0.6 is 0 Å². The summed E-state index contributed by atoms with van der Waals surface area (Å²) in [7, 11) is 0. The second-order valence-electron chi connectivity index (χ2n) is 6.79. The average molecular weight is 272 g/mol. The SMILES string of the molecule is Cc1nc(N2CC3CCCC3C2)ncc1CNC1CC1. The van der Waals surface area contributed by atoms with Crippen LogP contribution in [-0.4, -0.2) is 29.1 Å². The Morgan fingerprint density at radius 2 is 1.95 bits per heavy atom. The molecule has 0 amide bonds. The van der Waals surface area contributed by atoms with Crippen LogP contribution in [-0.2, 0) is 6.54 Å². The normalized spacial score (nSPS) is 28.9. The Morgan fingerprint density at radius 1 is 1.20 bits per heavy atom. The fraction of sp³-hybridized carbons (Fsp3) is 0.750. The molecule has 2 heterocycles. The van der Waals surface area contributed by atoms with E-state index in [-0.39, 0.29) is 0 Å². The fourth-order valence-electron chi connectivity index (χ4n) is 3.75. The van der Waals surface area contributed by atoms with Crippen molar-refractivity contribution < 1.29 is 0 Å². The van der Waals surface area contributed by atoms with Crippen molar-refractivity contribution in [3.05, 3.63) is 17.5 Å². The lowest BCUT2D eigenvalue weighted by atomic mass is 10.0. The highest BCUT2D eigenvalue weighted by Gasteiger charge is 2.37. The van der Waals surface area contributed by atoms with Crippen molar-refractivity contribution in [3.8, 4) is 0 Å². The van der Waals surface area contributed by atoms with Gasteiger partial charge in [0.1, 0.15) is 0 Å². The summed E-state index contributed by atoms with van der Waals surface area (Å²) >= 11 is 0. The standard InChI is InChI=1S/C16H24N4/c1-11-14(7-17-15-5-6-15)8-18-16(19-11)20-9-12-3-2-4-13(12)10-20/h8,12-13,15,17H,2-7,9-10H2,1H3. The first-order valence-corrected chi connectivity index (χ1v) is 8.10. The highest BCUT2D eigenvalue weighted by molar-refractivity contribution is 5.35. The molecule has 1 aromatic rings. The van der Waals surface area contributed by atoms with Crippen molar-refractivity contribution in [1.82, 2.24) is 15.3 Å². The fourth-order valence-corrected chi connectivity index (χ4v) is 3.75. The average Bonchev–Trinajstić information content (AvgIpc) is 3.01. The van der Waals surface area contributed by atoms with E-state index in [1.165, 1.54) is 50.8 Å². The van der Waals surface area contributed by atoms with Gasteiger partial charge in [-0.15, -0.1) is 0 Å². The Morgan fingerprint density at radius 3 is 2.60 bits per heavy atom. The predicted octanol–water partition coefficient (Wildman–Crippen LogP) is 2.27. The second kappa shape index (κ2) is 4.99. The molecule has 2 saturated carbocycles. The van der Waals surface area contributed by atoms with Crippen molar-refractivity contribution in [2.75, 3.05) is 18.0 Å². The molecule has 108 valence electrons. The molecule has 4 rings (SSSR count). The first-order valence-electron chi connectivity index (χ1n) is 8.10. The van der Waals surface area contributed by atoms with Gasteiger partial charge in [-0.3, -0.25) is 0 Å². The Hall–Kier alpha value is -1.16. The number of aryl methyl sites for hydroxylation is 1. The quantitative estimate of drug-likeness (QED) is 0.913. The second-order valence-corrected chi connectivity index (χ2v) is 6.79. The summed E-state index contributed by atoms with van der Waals surface area (Å²) in [6, 6.07) is 0.743. The molecule has 2 atom stereocenters. The molecule has 0 spiro atoms. The molecule has 20 heavy (non-hydrogen) atoms.